The summed E-state index contributed by atoms with van der Waals surface area (Å²) in [4.78, 5) is 12.0. The molecule has 0 amide bonds. The number of hydrogen-bond donors (Lipinski definition) is 1. The molecule has 0 saturated heterocycles. The monoisotopic (exact) mass is 385 g/mol. The van der Waals surface area contributed by atoms with Crippen LogP contribution in [0.15, 0.2) is 42.5 Å². The van der Waals surface area contributed by atoms with Crippen LogP contribution in [0.3, 0.4) is 0 Å². The molecule has 0 aliphatic heterocycles. The fourth-order valence-corrected chi connectivity index (χ4v) is 3.14. The first-order valence-corrected chi connectivity index (χ1v) is 9.23. The first-order chi connectivity index (χ1) is 12.7. The summed E-state index contributed by atoms with van der Waals surface area (Å²) in [6.45, 7) is 5.43. The quantitative estimate of drug-likeness (QED) is 0.691. The van der Waals surface area contributed by atoms with E-state index in [1.165, 1.54) is 0 Å². The van der Waals surface area contributed by atoms with Crippen molar-refractivity contribution < 1.29 is 14.6 Å². The van der Waals surface area contributed by atoms with Crippen molar-refractivity contribution >= 4 is 17.6 Å². The van der Waals surface area contributed by atoms with Gasteiger partial charge in [0.15, 0.2) is 0 Å². The number of carbonyl (C=O) groups is 1. The van der Waals surface area contributed by atoms with Gasteiger partial charge in [0.1, 0.15) is 5.60 Å². The van der Waals surface area contributed by atoms with E-state index in [0.29, 0.717) is 17.0 Å². The summed E-state index contributed by atoms with van der Waals surface area (Å²) in [5.41, 5.74) is 2.70. The van der Waals surface area contributed by atoms with Gasteiger partial charge >= 0.3 is 5.97 Å². The SMILES string of the molecule is CC(C)(C)OC(=O)CCC(C#N)c1cccc(-c2ccc(CO)cc2)c1Cl. The number of aliphatic hydroxyl groups excluding tert-OH is 1. The highest BCUT2D eigenvalue weighted by atomic mass is 35.5. The van der Waals surface area contributed by atoms with Crippen LogP contribution in [0.1, 0.15) is 50.7 Å². The van der Waals surface area contributed by atoms with Crippen LogP contribution in [0.2, 0.25) is 5.02 Å². The Kier molecular flexibility index (Phi) is 7.01. The molecule has 0 aliphatic carbocycles. The smallest absolute Gasteiger partial charge is 0.306 e. The van der Waals surface area contributed by atoms with Gasteiger partial charge < -0.3 is 9.84 Å². The molecule has 1 unspecified atom stereocenters. The summed E-state index contributed by atoms with van der Waals surface area (Å²) < 4.78 is 5.31. The van der Waals surface area contributed by atoms with Crippen LogP contribution in [-0.2, 0) is 16.1 Å². The van der Waals surface area contributed by atoms with Crippen molar-refractivity contribution in [3.8, 4) is 17.2 Å². The Morgan fingerprint density at radius 1 is 1.22 bits per heavy atom. The Labute approximate surface area is 165 Å². The number of carbonyl (C=O) groups excluding carboxylic acids is 1. The number of ether oxygens (including phenoxy) is 1. The van der Waals surface area contributed by atoms with Gasteiger partial charge in [-0.25, -0.2) is 0 Å². The van der Waals surface area contributed by atoms with E-state index in [9.17, 15) is 15.2 Å². The van der Waals surface area contributed by atoms with Gasteiger partial charge in [-0.1, -0.05) is 54.1 Å². The molecule has 1 N–H and O–H groups in total. The Balaban J connectivity index is 2.21. The molecule has 0 bridgehead atoms. The summed E-state index contributed by atoms with van der Waals surface area (Å²) in [5, 5.41) is 19.3. The van der Waals surface area contributed by atoms with Crippen LogP contribution in [0.5, 0.6) is 0 Å². The van der Waals surface area contributed by atoms with Crippen LogP contribution in [0.25, 0.3) is 11.1 Å². The number of rotatable bonds is 6. The van der Waals surface area contributed by atoms with Crippen LogP contribution < -0.4 is 0 Å². The maximum Gasteiger partial charge on any atom is 0.306 e. The van der Waals surface area contributed by atoms with Gasteiger partial charge in [0, 0.05) is 12.0 Å². The second-order valence-corrected chi connectivity index (χ2v) is 7.75. The van der Waals surface area contributed by atoms with Crippen molar-refractivity contribution in [1.29, 1.82) is 5.26 Å². The molecule has 0 saturated carbocycles. The number of nitriles is 1. The molecule has 2 rings (SSSR count). The molecular formula is C22H24ClNO3. The molecule has 0 aliphatic rings. The third kappa shape index (κ3) is 5.82. The summed E-state index contributed by atoms with van der Waals surface area (Å²) in [7, 11) is 0. The van der Waals surface area contributed by atoms with Crippen LogP contribution in [-0.4, -0.2) is 16.7 Å². The van der Waals surface area contributed by atoms with E-state index in [1.54, 1.807) is 0 Å². The molecular weight excluding hydrogens is 362 g/mol. The first kappa shape index (κ1) is 21.0. The number of esters is 1. The van der Waals surface area contributed by atoms with Crippen LogP contribution in [0, 0.1) is 11.3 Å². The van der Waals surface area contributed by atoms with Gasteiger partial charge in [0.05, 0.1) is 23.6 Å². The fraction of sp³-hybridized carbons (Fsp3) is 0.364. The highest BCUT2D eigenvalue weighted by molar-refractivity contribution is 6.34. The van der Waals surface area contributed by atoms with E-state index in [1.807, 2.05) is 63.2 Å². The van der Waals surface area contributed by atoms with Crippen molar-refractivity contribution in [2.75, 3.05) is 0 Å². The van der Waals surface area contributed by atoms with E-state index in [-0.39, 0.29) is 19.0 Å². The third-order valence-electron chi connectivity index (χ3n) is 4.06. The lowest BCUT2D eigenvalue weighted by Crippen LogP contribution is -2.24. The highest BCUT2D eigenvalue weighted by Gasteiger charge is 2.21. The lowest BCUT2D eigenvalue weighted by Gasteiger charge is -2.20. The predicted octanol–water partition coefficient (Wildman–Crippen LogP) is 5.23. The Morgan fingerprint density at radius 3 is 2.44 bits per heavy atom. The van der Waals surface area contributed by atoms with Gasteiger partial charge in [-0.15, -0.1) is 0 Å². The minimum Gasteiger partial charge on any atom is -0.460 e. The zero-order valence-corrected chi connectivity index (χ0v) is 16.6. The molecule has 5 heteroatoms. The second kappa shape index (κ2) is 9.03. The van der Waals surface area contributed by atoms with Crippen molar-refractivity contribution in [3.05, 3.63) is 58.6 Å². The Hall–Kier alpha value is -2.35. The molecule has 0 fully saturated rings. The van der Waals surface area contributed by atoms with Gasteiger partial charge in [-0.05, 0) is 43.9 Å². The molecule has 1 atom stereocenters. The normalized spacial score (nSPS) is 12.3. The summed E-state index contributed by atoms with van der Waals surface area (Å²) in [6.07, 6.45) is 0.499. The fourth-order valence-electron chi connectivity index (χ4n) is 2.78. The standard InChI is InChI=1S/C22H24ClNO3/c1-22(2,3)27-20(26)12-11-17(13-24)19-6-4-5-18(21(19)23)16-9-7-15(14-25)8-10-16/h4-10,17,25H,11-12,14H2,1-3H3. The minimum absolute atomic E-state index is 0.0186. The molecule has 4 nitrogen and oxygen atoms in total. The Morgan fingerprint density at radius 2 is 1.89 bits per heavy atom. The van der Waals surface area contributed by atoms with Crippen molar-refractivity contribution in [3.63, 3.8) is 0 Å². The predicted molar refractivity (Wildman–Crippen MR) is 106 cm³/mol. The first-order valence-electron chi connectivity index (χ1n) is 8.85. The van der Waals surface area contributed by atoms with Crippen molar-refractivity contribution in [2.24, 2.45) is 0 Å². The number of halogens is 1. The summed E-state index contributed by atoms with van der Waals surface area (Å²) in [6, 6.07) is 15.3. The molecule has 0 radical (unpaired) electrons. The highest BCUT2D eigenvalue weighted by Crippen LogP contribution is 2.36. The molecule has 0 heterocycles. The van der Waals surface area contributed by atoms with E-state index in [2.05, 4.69) is 6.07 Å². The van der Waals surface area contributed by atoms with E-state index < -0.39 is 11.5 Å². The van der Waals surface area contributed by atoms with Crippen LogP contribution >= 0.6 is 11.6 Å². The summed E-state index contributed by atoms with van der Waals surface area (Å²) >= 11 is 6.60. The zero-order chi connectivity index (χ0) is 20.0. The number of hydrogen-bond acceptors (Lipinski definition) is 4. The van der Waals surface area contributed by atoms with E-state index in [4.69, 9.17) is 16.3 Å². The number of nitrogens with zero attached hydrogens (tertiary/aromatic N) is 1. The minimum atomic E-state index is -0.544. The molecule has 27 heavy (non-hydrogen) atoms. The maximum atomic E-state index is 12.0. The average Bonchev–Trinajstić information content (AvgIpc) is 2.62. The lowest BCUT2D eigenvalue weighted by atomic mass is 9.92. The average molecular weight is 386 g/mol. The van der Waals surface area contributed by atoms with Gasteiger partial charge in [0.25, 0.3) is 0 Å². The third-order valence-corrected chi connectivity index (χ3v) is 4.49. The Bertz CT molecular complexity index is 832. The van der Waals surface area contributed by atoms with Gasteiger partial charge in [-0.2, -0.15) is 5.26 Å². The second-order valence-electron chi connectivity index (χ2n) is 7.37. The molecule has 2 aromatic carbocycles. The number of benzene rings is 2. The van der Waals surface area contributed by atoms with E-state index in [0.717, 1.165) is 16.7 Å². The molecule has 142 valence electrons. The molecule has 0 aromatic heterocycles. The van der Waals surface area contributed by atoms with Gasteiger partial charge in [0.2, 0.25) is 0 Å². The topological polar surface area (TPSA) is 70.3 Å². The van der Waals surface area contributed by atoms with Crippen molar-refractivity contribution in [1.82, 2.24) is 0 Å². The molecule has 0 spiro atoms. The molecule has 2 aromatic rings. The number of aliphatic hydroxyl groups is 1. The van der Waals surface area contributed by atoms with E-state index >= 15 is 0 Å². The van der Waals surface area contributed by atoms with Crippen LogP contribution in [0.4, 0.5) is 0 Å². The zero-order valence-electron chi connectivity index (χ0n) is 15.8. The lowest BCUT2D eigenvalue weighted by molar-refractivity contribution is -0.154. The largest absolute Gasteiger partial charge is 0.460 e. The summed E-state index contributed by atoms with van der Waals surface area (Å²) in [5.74, 6) is -0.823. The maximum absolute atomic E-state index is 12.0. The van der Waals surface area contributed by atoms with Gasteiger partial charge in [-0.3, -0.25) is 4.79 Å². The van der Waals surface area contributed by atoms with Crippen molar-refractivity contribution in [2.45, 2.75) is 51.7 Å².